The first-order chi connectivity index (χ1) is 10.5. The Morgan fingerprint density at radius 3 is 1.91 bits per heavy atom. The van der Waals surface area contributed by atoms with Crippen molar-refractivity contribution in [1.29, 1.82) is 0 Å². The van der Waals surface area contributed by atoms with Gasteiger partial charge in [-0.3, -0.25) is 4.79 Å². The van der Waals surface area contributed by atoms with Gasteiger partial charge in [-0.1, -0.05) is 60.7 Å². The predicted molar refractivity (Wildman–Crippen MR) is 82.5 cm³/mol. The molecule has 1 atom stereocenters. The number of hydrogen-bond donors (Lipinski definition) is 2. The molecule has 0 bridgehead atoms. The number of rotatable bonds is 6. The molecule has 0 heterocycles. The van der Waals surface area contributed by atoms with E-state index in [0.717, 1.165) is 11.1 Å². The minimum Gasteiger partial charge on any atom is -0.459 e. The molecule has 2 aromatic rings. The Hall–Kier alpha value is -2.66. The quantitative estimate of drug-likeness (QED) is 0.618. The van der Waals surface area contributed by atoms with Gasteiger partial charge in [0.15, 0.2) is 5.54 Å². The van der Waals surface area contributed by atoms with Crippen molar-refractivity contribution < 1.29 is 14.3 Å². The third-order valence-electron chi connectivity index (χ3n) is 3.34. The standard InChI is InChI=1S/C17H18N2O3/c18-15(20)17(19,11-13-7-3-1-4-8-13)16(21)22-12-14-9-5-2-6-10-14/h1-10H,11-12,19H2,(H2,18,20)/t17-/m0/s1. The van der Waals surface area contributed by atoms with E-state index in [2.05, 4.69) is 0 Å². The lowest BCUT2D eigenvalue weighted by Crippen LogP contribution is -2.60. The van der Waals surface area contributed by atoms with E-state index in [9.17, 15) is 9.59 Å². The Kier molecular flexibility index (Phi) is 4.91. The van der Waals surface area contributed by atoms with E-state index >= 15 is 0 Å². The maximum atomic E-state index is 12.2. The summed E-state index contributed by atoms with van der Waals surface area (Å²) >= 11 is 0. The molecule has 0 saturated carbocycles. The number of amides is 1. The van der Waals surface area contributed by atoms with Crippen LogP contribution in [0.1, 0.15) is 11.1 Å². The Morgan fingerprint density at radius 1 is 0.909 bits per heavy atom. The highest BCUT2D eigenvalue weighted by atomic mass is 16.5. The van der Waals surface area contributed by atoms with E-state index in [1.807, 2.05) is 36.4 Å². The Labute approximate surface area is 128 Å². The second-order valence-electron chi connectivity index (χ2n) is 5.06. The van der Waals surface area contributed by atoms with Crippen LogP contribution in [0.2, 0.25) is 0 Å². The molecule has 0 aliphatic heterocycles. The summed E-state index contributed by atoms with van der Waals surface area (Å²) in [5.74, 6) is -1.73. The van der Waals surface area contributed by atoms with Crippen LogP contribution in [0.3, 0.4) is 0 Å². The number of primary amides is 1. The average molecular weight is 298 g/mol. The van der Waals surface area contributed by atoms with Crippen LogP contribution in [-0.2, 0) is 27.4 Å². The number of carbonyl (C=O) groups is 2. The lowest BCUT2D eigenvalue weighted by molar-refractivity contribution is -0.155. The third-order valence-corrected chi connectivity index (χ3v) is 3.34. The van der Waals surface area contributed by atoms with Crippen LogP contribution in [0.4, 0.5) is 0 Å². The molecule has 2 aromatic carbocycles. The number of hydrogen-bond acceptors (Lipinski definition) is 4. The monoisotopic (exact) mass is 298 g/mol. The van der Waals surface area contributed by atoms with Crippen molar-refractivity contribution >= 4 is 11.9 Å². The van der Waals surface area contributed by atoms with Crippen molar-refractivity contribution in [2.45, 2.75) is 18.6 Å². The van der Waals surface area contributed by atoms with Gasteiger partial charge in [-0.15, -0.1) is 0 Å². The molecule has 0 radical (unpaired) electrons. The maximum absolute atomic E-state index is 12.2. The van der Waals surface area contributed by atoms with Crippen LogP contribution in [0.25, 0.3) is 0 Å². The summed E-state index contributed by atoms with van der Waals surface area (Å²) in [5.41, 5.74) is 10.9. The van der Waals surface area contributed by atoms with Gasteiger partial charge in [0.25, 0.3) is 0 Å². The summed E-state index contributed by atoms with van der Waals surface area (Å²) in [7, 11) is 0. The molecule has 114 valence electrons. The highest BCUT2D eigenvalue weighted by Gasteiger charge is 2.42. The molecule has 0 aliphatic carbocycles. The molecule has 0 aliphatic rings. The van der Waals surface area contributed by atoms with Crippen LogP contribution in [0, 0.1) is 0 Å². The van der Waals surface area contributed by atoms with Crippen LogP contribution in [0.5, 0.6) is 0 Å². The van der Waals surface area contributed by atoms with Crippen LogP contribution in [0.15, 0.2) is 60.7 Å². The Balaban J connectivity index is 2.09. The fraction of sp³-hybridized carbons (Fsp3) is 0.176. The topological polar surface area (TPSA) is 95.4 Å². The smallest absolute Gasteiger partial charge is 0.336 e. The molecule has 22 heavy (non-hydrogen) atoms. The molecular formula is C17H18N2O3. The van der Waals surface area contributed by atoms with Crippen LogP contribution < -0.4 is 11.5 Å². The van der Waals surface area contributed by atoms with E-state index in [0.29, 0.717) is 0 Å². The zero-order valence-corrected chi connectivity index (χ0v) is 12.1. The van der Waals surface area contributed by atoms with Gasteiger partial charge in [-0.2, -0.15) is 0 Å². The fourth-order valence-corrected chi connectivity index (χ4v) is 2.03. The summed E-state index contributed by atoms with van der Waals surface area (Å²) in [6, 6.07) is 18.1. The summed E-state index contributed by atoms with van der Waals surface area (Å²) in [6.07, 6.45) is -0.00318. The van der Waals surface area contributed by atoms with Gasteiger partial charge in [0.1, 0.15) is 6.61 Å². The molecule has 0 saturated heterocycles. The summed E-state index contributed by atoms with van der Waals surface area (Å²) in [6.45, 7) is 0.0424. The van der Waals surface area contributed by atoms with Crippen LogP contribution in [-0.4, -0.2) is 17.4 Å². The lowest BCUT2D eigenvalue weighted by Gasteiger charge is -2.23. The van der Waals surface area contributed by atoms with Gasteiger partial charge in [0.05, 0.1) is 0 Å². The highest BCUT2D eigenvalue weighted by molar-refractivity contribution is 6.06. The minimum atomic E-state index is -1.88. The van der Waals surface area contributed by atoms with Gasteiger partial charge < -0.3 is 16.2 Å². The molecule has 5 nitrogen and oxygen atoms in total. The highest BCUT2D eigenvalue weighted by Crippen LogP contribution is 2.14. The largest absolute Gasteiger partial charge is 0.459 e. The van der Waals surface area contributed by atoms with Crippen molar-refractivity contribution in [2.24, 2.45) is 11.5 Å². The molecular weight excluding hydrogens is 280 g/mol. The van der Waals surface area contributed by atoms with Crippen molar-refractivity contribution in [3.63, 3.8) is 0 Å². The molecule has 0 fully saturated rings. The SMILES string of the molecule is NC(=O)[C@@](N)(Cc1ccccc1)C(=O)OCc1ccccc1. The third kappa shape index (κ3) is 3.71. The van der Waals surface area contributed by atoms with E-state index in [4.69, 9.17) is 16.2 Å². The number of benzene rings is 2. The zero-order valence-electron chi connectivity index (χ0n) is 12.1. The number of nitrogens with two attached hydrogens (primary N) is 2. The predicted octanol–water partition coefficient (Wildman–Crippen LogP) is 1.16. The van der Waals surface area contributed by atoms with Gasteiger partial charge in [0, 0.05) is 6.42 Å². The number of esters is 1. The minimum absolute atomic E-state index is 0.00318. The first-order valence-corrected chi connectivity index (χ1v) is 6.86. The molecule has 1 amide bonds. The van der Waals surface area contributed by atoms with Crippen molar-refractivity contribution in [3.8, 4) is 0 Å². The Morgan fingerprint density at radius 2 is 1.41 bits per heavy atom. The van der Waals surface area contributed by atoms with Gasteiger partial charge in [0.2, 0.25) is 5.91 Å². The molecule has 5 heteroatoms. The van der Waals surface area contributed by atoms with Crippen molar-refractivity contribution in [1.82, 2.24) is 0 Å². The summed E-state index contributed by atoms with van der Waals surface area (Å²) < 4.78 is 5.16. The number of carbonyl (C=O) groups excluding carboxylic acids is 2. The van der Waals surface area contributed by atoms with Crippen molar-refractivity contribution in [2.75, 3.05) is 0 Å². The second kappa shape index (κ2) is 6.87. The Bertz CT molecular complexity index is 643. The maximum Gasteiger partial charge on any atom is 0.336 e. The summed E-state index contributed by atoms with van der Waals surface area (Å²) in [5, 5.41) is 0. The molecule has 2 rings (SSSR count). The zero-order chi connectivity index (χ0) is 16.0. The van der Waals surface area contributed by atoms with Gasteiger partial charge >= 0.3 is 5.97 Å². The number of ether oxygens (including phenoxy) is 1. The van der Waals surface area contributed by atoms with Crippen LogP contribution >= 0.6 is 0 Å². The van der Waals surface area contributed by atoms with E-state index in [1.54, 1.807) is 24.3 Å². The van der Waals surface area contributed by atoms with Gasteiger partial charge in [-0.25, -0.2) is 4.79 Å². The first kappa shape index (κ1) is 15.7. The molecule has 0 unspecified atom stereocenters. The van der Waals surface area contributed by atoms with Gasteiger partial charge in [-0.05, 0) is 11.1 Å². The molecule has 4 N–H and O–H groups in total. The normalized spacial score (nSPS) is 13.1. The van der Waals surface area contributed by atoms with E-state index in [-0.39, 0.29) is 13.0 Å². The first-order valence-electron chi connectivity index (χ1n) is 6.86. The second-order valence-corrected chi connectivity index (χ2v) is 5.06. The fourth-order valence-electron chi connectivity index (χ4n) is 2.03. The lowest BCUT2D eigenvalue weighted by atomic mass is 9.91. The average Bonchev–Trinajstić information content (AvgIpc) is 2.54. The summed E-state index contributed by atoms with van der Waals surface area (Å²) in [4.78, 5) is 23.9. The molecule has 0 aromatic heterocycles. The van der Waals surface area contributed by atoms with E-state index < -0.39 is 17.4 Å². The van der Waals surface area contributed by atoms with E-state index in [1.165, 1.54) is 0 Å². The molecule has 0 spiro atoms. The van der Waals surface area contributed by atoms with Crippen molar-refractivity contribution in [3.05, 3.63) is 71.8 Å².